The van der Waals surface area contributed by atoms with Gasteiger partial charge in [-0.25, -0.2) is 4.79 Å². The lowest BCUT2D eigenvalue weighted by atomic mass is 10.0. The number of hydrogen-bond donors (Lipinski definition) is 1. The van der Waals surface area contributed by atoms with Gasteiger partial charge in [0.2, 0.25) is 5.91 Å². The molecule has 1 saturated heterocycles. The van der Waals surface area contributed by atoms with Gasteiger partial charge in [-0.05, 0) is 32.5 Å². The number of benzene rings is 1. The Labute approximate surface area is 118 Å². The second kappa shape index (κ2) is 6.05. The number of rotatable bonds is 4. The summed E-state index contributed by atoms with van der Waals surface area (Å²) >= 11 is 0. The first-order chi connectivity index (χ1) is 9.52. The lowest BCUT2D eigenvalue weighted by Crippen LogP contribution is -2.45. The largest absolute Gasteiger partial charge is 0.480 e. The zero-order chi connectivity index (χ0) is 14.7. The molecule has 2 unspecified atom stereocenters. The highest BCUT2D eigenvalue weighted by atomic mass is 16.4. The molecular weight excluding hydrogens is 256 g/mol. The quantitative estimate of drug-likeness (QED) is 0.902. The fourth-order valence-electron chi connectivity index (χ4n) is 2.74. The van der Waals surface area contributed by atoms with Crippen molar-refractivity contribution in [2.45, 2.75) is 24.9 Å². The molecule has 1 aliphatic rings. The SMILES string of the molecule is CN(C)C(C(=O)N1CCCC1C(=O)O)c1ccccc1. The van der Waals surface area contributed by atoms with Gasteiger partial charge < -0.3 is 10.0 Å². The Kier molecular flexibility index (Phi) is 4.39. The molecule has 108 valence electrons. The van der Waals surface area contributed by atoms with Crippen LogP contribution in [0, 0.1) is 0 Å². The molecule has 1 N–H and O–H groups in total. The highest BCUT2D eigenvalue weighted by Crippen LogP contribution is 2.26. The van der Waals surface area contributed by atoms with Crippen LogP contribution in [0.25, 0.3) is 0 Å². The summed E-state index contributed by atoms with van der Waals surface area (Å²) in [4.78, 5) is 27.3. The molecule has 1 aliphatic heterocycles. The maximum Gasteiger partial charge on any atom is 0.326 e. The van der Waals surface area contributed by atoms with Crippen molar-refractivity contribution in [2.75, 3.05) is 20.6 Å². The van der Waals surface area contributed by atoms with Gasteiger partial charge in [0.25, 0.3) is 0 Å². The lowest BCUT2D eigenvalue weighted by molar-refractivity contribution is -0.150. The van der Waals surface area contributed by atoms with Gasteiger partial charge in [0.05, 0.1) is 0 Å². The van der Waals surface area contributed by atoms with Crippen LogP contribution in [0.4, 0.5) is 0 Å². The summed E-state index contributed by atoms with van der Waals surface area (Å²) in [5, 5.41) is 9.22. The molecule has 2 atom stereocenters. The minimum absolute atomic E-state index is 0.133. The predicted octanol–water partition coefficient (Wildman–Crippen LogP) is 1.36. The maximum atomic E-state index is 12.7. The van der Waals surface area contributed by atoms with Gasteiger partial charge in [-0.2, -0.15) is 0 Å². The number of amides is 1. The van der Waals surface area contributed by atoms with Crippen LogP contribution in [0.5, 0.6) is 0 Å². The Balaban J connectivity index is 2.26. The van der Waals surface area contributed by atoms with Crippen molar-refractivity contribution in [3.63, 3.8) is 0 Å². The standard InChI is InChI=1S/C15H20N2O3/c1-16(2)13(11-7-4-3-5-8-11)14(18)17-10-6-9-12(17)15(19)20/h3-5,7-8,12-13H,6,9-10H2,1-2H3,(H,19,20). The second-order valence-corrected chi connectivity index (χ2v) is 5.30. The van der Waals surface area contributed by atoms with E-state index in [9.17, 15) is 14.7 Å². The van der Waals surface area contributed by atoms with Crippen molar-refractivity contribution in [1.29, 1.82) is 0 Å². The number of likely N-dealkylation sites (N-methyl/N-ethyl adjacent to an activating group) is 1. The third kappa shape index (κ3) is 2.82. The Morgan fingerprint density at radius 2 is 1.95 bits per heavy atom. The van der Waals surface area contributed by atoms with Crippen LogP contribution >= 0.6 is 0 Å². The molecule has 0 bridgehead atoms. The van der Waals surface area contributed by atoms with Gasteiger partial charge in [-0.3, -0.25) is 9.69 Å². The number of nitrogens with zero attached hydrogens (tertiary/aromatic N) is 2. The van der Waals surface area contributed by atoms with Crippen LogP contribution in [0.2, 0.25) is 0 Å². The third-order valence-corrected chi connectivity index (χ3v) is 3.69. The Hall–Kier alpha value is -1.88. The van der Waals surface area contributed by atoms with E-state index >= 15 is 0 Å². The zero-order valence-electron chi connectivity index (χ0n) is 11.8. The fourth-order valence-corrected chi connectivity index (χ4v) is 2.74. The number of carbonyl (C=O) groups excluding carboxylic acids is 1. The molecule has 1 aromatic rings. The second-order valence-electron chi connectivity index (χ2n) is 5.30. The average Bonchev–Trinajstić information content (AvgIpc) is 2.89. The van der Waals surface area contributed by atoms with E-state index in [1.165, 1.54) is 4.90 Å². The highest BCUT2D eigenvalue weighted by molar-refractivity contribution is 5.88. The smallest absolute Gasteiger partial charge is 0.326 e. The molecule has 0 spiro atoms. The summed E-state index contributed by atoms with van der Waals surface area (Å²) in [7, 11) is 3.67. The average molecular weight is 276 g/mol. The van der Waals surface area contributed by atoms with Crippen molar-refractivity contribution in [1.82, 2.24) is 9.80 Å². The topological polar surface area (TPSA) is 60.9 Å². The van der Waals surface area contributed by atoms with E-state index in [1.807, 2.05) is 49.3 Å². The van der Waals surface area contributed by atoms with Crippen LogP contribution in [0.3, 0.4) is 0 Å². The zero-order valence-corrected chi connectivity index (χ0v) is 11.8. The molecule has 1 amide bonds. The first-order valence-electron chi connectivity index (χ1n) is 6.77. The summed E-state index contributed by atoms with van der Waals surface area (Å²) < 4.78 is 0. The van der Waals surface area contributed by atoms with E-state index < -0.39 is 18.1 Å². The maximum absolute atomic E-state index is 12.7. The molecule has 1 heterocycles. The minimum atomic E-state index is -0.915. The van der Waals surface area contributed by atoms with Crippen molar-refractivity contribution in [3.8, 4) is 0 Å². The molecule has 1 fully saturated rings. The van der Waals surface area contributed by atoms with Crippen LogP contribution in [0.1, 0.15) is 24.4 Å². The molecule has 0 aromatic heterocycles. The number of carboxylic acid groups (broad SMARTS) is 1. The molecule has 20 heavy (non-hydrogen) atoms. The summed E-state index contributed by atoms with van der Waals surface area (Å²) in [5.74, 6) is -1.05. The van der Waals surface area contributed by atoms with Gasteiger partial charge in [-0.1, -0.05) is 30.3 Å². The predicted molar refractivity (Wildman–Crippen MR) is 75.2 cm³/mol. The Bertz CT molecular complexity index is 487. The van der Waals surface area contributed by atoms with Gasteiger partial charge in [-0.15, -0.1) is 0 Å². The van der Waals surface area contributed by atoms with Crippen molar-refractivity contribution in [3.05, 3.63) is 35.9 Å². The van der Waals surface area contributed by atoms with E-state index in [0.717, 1.165) is 12.0 Å². The number of hydrogen-bond acceptors (Lipinski definition) is 3. The van der Waals surface area contributed by atoms with E-state index in [-0.39, 0.29) is 5.91 Å². The van der Waals surface area contributed by atoms with Crippen LogP contribution in [-0.4, -0.2) is 53.5 Å². The molecule has 0 saturated carbocycles. The van der Waals surface area contributed by atoms with Crippen LogP contribution in [0.15, 0.2) is 30.3 Å². The first kappa shape index (κ1) is 14.5. The fraction of sp³-hybridized carbons (Fsp3) is 0.467. The van der Waals surface area contributed by atoms with Crippen LogP contribution < -0.4 is 0 Å². The molecule has 2 rings (SSSR count). The summed E-state index contributed by atoms with van der Waals surface area (Å²) in [6, 6.07) is 8.35. The van der Waals surface area contributed by atoms with Gasteiger partial charge in [0, 0.05) is 6.54 Å². The number of aliphatic carboxylic acids is 1. The summed E-state index contributed by atoms with van der Waals surface area (Å²) in [6.07, 6.45) is 1.29. The first-order valence-corrected chi connectivity index (χ1v) is 6.77. The summed E-state index contributed by atoms with van der Waals surface area (Å²) in [6.45, 7) is 0.521. The molecule has 5 heteroatoms. The Morgan fingerprint density at radius 1 is 1.30 bits per heavy atom. The highest BCUT2D eigenvalue weighted by Gasteiger charge is 2.38. The minimum Gasteiger partial charge on any atom is -0.480 e. The normalized spacial score (nSPS) is 20.1. The van der Waals surface area contributed by atoms with Gasteiger partial charge in [0.15, 0.2) is 0 Å². The van der Waals surface area contributed by atoms with Gasteiger partial charge >= 0.3 is 5.97 Å². The number of carboxylic acids is 1. The van der Waals surface area contributed by atoms with Crippen LogP contribution in [-0.2, 0) is 9.59 Å². The number of carbonyl (C=O) groups is 2. The Morgan fingerprint density at radius 3 is 2.50 bits per heavy atom. The monoisotopic (exact) mass is 276 g/mol. The lowest BCUT2D eigenvalue weighted by Gasteiger charge is -2.30. The van der Waals surface area contributed by atoms with Crippen molar-refractivity contribution < 1.29 is 14.7 Å². The van der Waals surface area contributed by atoms with E-state index in [1.54, 1.807) is 0 Å². The molecule has 0 aliphatic carbocycles. The van der Waals surface area contributed by atoms with E-state index in [2.05, 4.69) is 0 Å². The molecular formula is C15H20N2O3. The summed E-state index contributed by atoms with van der Waals surface area (Å²) in [5.41, 5.74) is 0.888. The third-order valence-electron chi connectivity index (χ3n) is 3.69. The van der Waals surface area contributed by atoms with Crippen molar-refractivity contribution in [2.24, 2.45) is 0 Å². The van der Waals surface area contributed by atoms with E-state index in [0.29, 0.717) is 13.0 Å². The molecule has 1 aromatic carbocycles. The molecule has 5 nitrogen and oxygen atoms in total. The number of likely N-dealkylation sites (tertiary alicyclic amines) is 1. The van der Waals surface area contributed by atoms with Gasteiger partial charge in [0.1, 0.15) is 12.1 Å². The van der Waals surface area contributed by atoms with E-state index in [4.69, 9.17) is 0 Å². The van der Waals surface area contributed by atoms with Crippen molar-refractivity contribution >= 4 is 11.9 Å². The molecule has 0 radical (unpaired) electrons.